The lowest BCUT2D eigenvalue weighted by Gasteiger charge is -2.26. The molecular formula is C28H35N3O5S. The van der Waals surface area contributed by atoms with Crippen LogP contribution in [-0.2, 0) is 14.8 Å². The fourth-order valence-electron chi connectivity index (χ4n) is 4.53. The molecule has 0 saturated carbocycles. The molecule has 9 heteroatoms. The lowest BCUT2D eigenvalue weighted by atomic mass is 10.0. The number of aliphatic imine (C=N–C) groups is 1. The number of benzene rings is 2. The second-order valence-electron chi connectivity index (χ2n) is 9.89. The van der Waals surface area contributed by atoms with Crippen molar-refractivity contribution in [3.05, 3.63) is 64.4 Å². The SMILES string of the molecule is CC(C)CCC[C@H](C)N=Cc1c(O)n(-c2ccc(S(=O)(=O)N3CCOCC3)cc2)c(=O)c2ccccc12. The van der Waals surface area contributed by atoms with Gasteiger partial charge >= 0.3 is 0 Å². The third-order valence-electron chi connectivity index (χ3n) is 6.67. The Morgan fingerprint density at radius 3 is 2.30 bits per heavy atom. The predicted octanol–water partition coefficient (Wildman–Crippen LogP) is 4.35. The van der Waals surface area contributed by atoms with E-state index in [-0.39, 0.29) is 22.4 Å². The van der Waals surface area contributed by atoms with Crippen molar-refractivity contribution < 1.29 is 18.3 Å². The number of hydrogen-bond donors (Lipinski definition) is 1. The van der Waals surface area contributed by atoms with Gasteiger partial charge in [0.05, 0.1) is 29.4 Å². The van der Waals surface area contributed by atoms with Gasteiger partial charge in [-0.05, 0) is 49.6 Å². The third-order valence-corrected chi connectivity index (χ3v) is 8.58. The van der Waals surface area contributed by atoms with Gasteiger partial charge in [-0.3, -0.25) is 9.79 Å². The molecule has 1 N–H and O–H groups in total. The average molecular weight is 526 g/mol. The van der Waals surface area contributed by atoms with Crippen molar-refractivity contribution in [3.63, 3.8) is 0 Å². The van der Waals surface area contributed by atoms with E-state index in [4.69, 9.17) is 4.74 Å². The van der Waals surface area contributed by atoms with E-state index < -0.39 is 10.0 Å². The molecule has 0 spiro atoms. The molecule has 0 radical (unpaired) electrons. The molecule has 0 bridgehead atoms. The molecule has 37 heavy (non-hydrogen) atoms. The second kappa shape index (κ2) is 11.6. The van der Waals surface area contributed by atoms with Crippen molar-refractivity contribution >= 4 is 27.0 Å². The van der Waals surface area contributed by atoms with Gasteiger partial charge in [0.25, 0.3) is 5.56 Å². The number of rotatable bonds is 9. The standard InChI is InChI=1S/C28H35N3O5S/c1-20(2)7-6-8-21(3)29-19-26-24-9-4-5-10-25(24)27(32)31(28(26)33)22-11-13-23(14-12-22)37(34,35)30-15-17-36-18-16-30/h4-5,9-14,19-21,33H,6-8,15-18H2,1-3H3/t21-/m0/s1. The molecule has 1 aliphatic heterocycles. The van der Waals surface area contributed by atoms with Gasteiger partial charge in [-0.15, -0.1) is 0 Å². The zero-order valence-corrected chi connectivity index (χ0v) is 22.4. The van der Waals surface area contributed by atoms with E-state index in [1.165, 1.54) is 21.0 Å². The first-order valence-corrected chi connectivity index (χ1v) is 14.2. The fraction of sp³-hybridized carbons (Fsp3) is 0.429. The number of pyridine rings is 1. The van der Waals surface area contributed by atoms with Crippen LogP contribution in [0.15, 0.2) is 63.2 Å². The smallest absolute Gasteiger partial charge is 0.265 e. The van der Waals surface area contributed by atoms with E-state index in [2.05, 4.69) is 18.8 Å². The summed E-state index contributed by atoms with van der Waals surface area (Å²) in [7, 11) is -3.67. The van der Waals surface area contributed by atoms with Gasteiger partial charge in [0, 0.05) is 36.1 Å². The van der Waals surface area contributed by atoms with E-state index in [1.54, 1.807) is 36.5 Å². The van der Waals surface area contributed by atoms with Crippen LogP contribution < -0.4 is 5.56 Å². The van der Waals surface area contributed by atoms with Gasteiger partial charge in [-0.1, -0.05) is 44.9 Å². The number of hydrogen-bond acceptors (Lipinski definition) is 6. The van der Waals surface area contributed by atoms with Gasteiger partial charge in [0.2, 0.25) is 15.9 Å². The highest BCUT2D eigenvalue weighted by molar-refractivity contribution is 7.89. The molecule has 1 saturated heterocycles. The summed E-state index contributed by atoms with van der Waals surface area (Å²) in [4.78, 5) is 18.2. The van der Waals surface area contributed by atoms with Crippen molar-refractivity contribution in [2.75, 3.05) is 26.3 Å². The van der Waals surface area contributed by atoms with Crippen molar-refractivity contribution in [1.29, 1.82) is 0 Å². The molecule has 0 unspecified atom stereocenters. The van der Waals surface area contributed by atoms with Gasteiger partial charge in [0.15, 0.2) is 0 Å². The maximum Gasteiger partial charge on any atom is 0.265 e. The van der Waals surface area contributed by atoms with Crippen LogP contribution in [0.1, 0.15) is 45.6 Å². The summed E-state index contributed by atoms with van der Waals surface area (Å²) < 4.78 is 33.8. The molecule has 0 aliphatic carbocycles. The topological polar surface area (TPSA) is 101 Å². The Morgan fingerprint density at radius 1 is 1.00 bits per heavy atom. The predicted molar refractivity (Wildman–Crippen MR) is 147 cm³/mol. The molecule has 1 fully saturated rings. The first-order valence-electron chi connectivity index (χ1n) is 12.8. The molecular weight excluding hydrogens is 490 g/mol. The summed E-state index contributed by atoms with van der Waals surface area (Å²) >= 11 is 0. The minimum atomic E-state index is -3.67. The lowest BCUT2D eigenvalue weighted by molar-refractivity contribution is 0.0730. The zero-order valence-electron chi connectivity index (χ0n) is 21.6. The lowest BCUT2D eigenvalue weighted by Crippen LogP contribution is -2.40. The molecule has 3 aromatic rings. The molecule has 8 nitrogen and oxygen atoms in total. The monoisotopic (exact) mass is 525 g/mol. The minimum absolute atomic E-state index is 0.0713. The Labute approximate surface area is 218 Å². The van der Waals surface area contributed by atoms with Crippen LogP contribution >= 0.6 is 0 Å². The molecule has 1 aromatic heterocycles. The van der Waals surface area contributed by atoms with E-state index in [9.17, 15) is 18.3 Å². The van der Waals surface area contributed by atoms with Crippen molar-refractivity contribution in [2.24, 2.45) is 10.9 Å². The van der Waals surface area contributed by atoms with Crippen LogP contribution in [0.2, 0.25) is 0 Å². The molecule has 198 valence electrons. The summed E-state index contributed by atoms with van der Waals surface area (Å²) in [5, 5.41) is 12.3. The molecule has 1 atom stereocenters. The maximum atomic E-state index is 13.4. The number of nitrogens with zero attached hydrogens (tertiary/aromatic N) is 3. The van der Waals surface area contributed by atoms with E-state index in [0.29, 0.717) is 54.2 Å². The van der Waals surface area contributed by atoms with E-state index in [0.717, 1.165) is 19.3 Å². The molecule has 0 amide bonds. The third kappa shape index (κ3) is 5.95. The largest absolute Gasteiger partial charge is 0.494 e. The summed E-state index contributed by atoms with van der Waals surface area (Å²) in [5.41, 5.74) is 0.434. The van der Waals surface area contributed by atoms with Crippen molar-refractivity contribution in [2.45, 2.75) is 51.0 Å². The summed E-state index contributed by atoms with van der Waals surface area (Å²) in [5.74, 6) is 0.411. The minimum Gasteiger partial charge on any atom is -0.494 e. The zero-order chi connectivity index (χ0) is 26.6. The average Bonchev–Trinajstić information content (AvgIpc) is 2.89. The van der Waals surface area contributed by atoms with Crippen LogP contribution in [0.5, 0.6) is 5.88 Å². The molecule has 2 heterocycles. The van der Waals surface area contributed by atoms with Gasteiger partial charge in [0.1, 0.15) is 0 Å². The highest BCUT2D eigenvalue weighted by atomic mass is 32.2. The van der Waals surface area contributed by atoms with Gasteiger partial charge in [-0.2, -0.15) is 4.31 Å². The molecule has 4 rings (SSSR count). The van der Waals surface area contributed by atoms with Crippen LogP contribution in [0, 0.1) is 5.92 Å². The maximum absolute atomic E-state index is 13.4. The van der Waals surface area contributed by atoms with Crippen LogP contribution in [0.25, 0.3) is 16.5 Å². The number of ether oxygens (including phenoxy) is 1. The summed E-state index contributed by atoms with van der Waals surface area (Å²) in [6, 6.07) is 13.2. The summed E-state index contributed by atoms with van der Waals surface area (Å²) in [6.45, 7) is 7.76. The number of fused-ring (bicyclic) bond motifs is 1. The highest BCUT2D eigenvalue weighted by Crippen LogP contribution is 2.27. The number of morpholine rings is 1. The van der Waals surface area contributed by atoms with E-state index in [1.807, 2.05) is 13.0 Å². The fourth-order valence-corrected chi connectivity index (χ4v) is 5.94. The van der Waals surface area contributed by atoms with Crippen LogP contribution in [0.3, 0.4) is 0 Å². The second-order valence-corrected chi connectivity index (χ2v) is 11.8. The first kappa shape index (κ1) is 27.0. The van der Waals surface area contributed by atoms with E-state index >= 15 is 0 Å². The number of aromatic hydroxyl groups is 1. The molecule has 2 aromatic carbocycles. The quantitative estimate of drug-likeness (QED) is 0.419. The Bertz CT molecular complexity index is 1420. The number of sulfonamides is 1. The normalized spacial score (nSPS) is 16.1. The van der Waals surface area contributed by atoms with Crippen molar-refractivity contribution in [3.8, 4) is 11.6 Å². The Hall–Kier alpha value is -3.01. The molecule has 1 aliphatic rings. The summed E-state index contributed by atoms with van der Waals surface area (Å²) in [6.07, 6.45) is 4.79. The van der Waals surface area contributed by atoms with Gasteiger partial charge in [-0.25, -0.2) is 13.0 Å². The Balaban J connectivity index is 1.71. The van der Waals surface area contributed by atoms with Crippen LogP contribution in [-0.4, -0.2) is 61.0 Å². The first-order chi connectivity index (χ1) is 17.7. The van der Waals surface area contributed by atoms with Crippen LogP contribution in [0.4, 0.5) is 0 Å². The van der Waals surface area contributed by atoms with Crippen molar-refractivity contribution in [1.82, 2.24) is 8.87 Å². The number of aromatic nitrogens is 1. The highest BCUT2D eigenvalue weighted by Gasteiger charge is 2.26. The van der Waals surface area contributed by atoms with Gasteiger partial charge < -0.3 is 9.84 Å². The Kier molecular flexibility index (Phi) is 8.46. The Morgan fingerprint density at radius 2 is 1.65 bits per heavy atom.